The summed E-state index contributed by atoms with van der Waals surface area (Å²) in [6.07, 6.45) is 0. The minimum Gasteiger partial charge on any atom is -0.493 e. The third-order valence-corrected chi connectivity index (χ3v) is 2.23. The molecule has 2 heteroatoms. The van der Waals surface area contributed by atoms with E-state index in [1.165, 1.54) is 5.56 Å². The summed E-state index contributed by atoms with van der Waals surface area (Å²) in [5.41, 5.74) is 1.27. The summed E-state index contributed by atoms with van der Waals surface area (Å²) in [5.74, 6) is 1.47. The number of hydrogen-bond donors (Lipinski definition) is 0. The van der Waals surface area contributed by atoms with Gasteiger partial charge in [0.05, 0.1) is 6.61 Å². The minimum absolute atomic E-state index is 0.516. The molecule has 0 saturated heterocycles. The summed E-state index contributed by atoms with van der Waals surface area (Å²) >= 11 is 5.79. The standard InChI is InChI=1S/C9H9ClO/c1-6-5-11-9-4-7(10)2-3-8(6)9/h2-4,6H,5H2,1H3/t6-/m1/s1. The second kappa shape index (κ2) is 2.42. The number of benzene rings is 1. The first-order chi connectivity index (χ1) is 5.27. The van der Waals surface area contributed by atoms with E-state index in [9.17, 15) is 0 Å². The molecule has 2 rings (SSSR count). The lowest BCUT2D eigenvalue weighted by Crippen LogP contribution is -1.93. The number of rotatable bonds is 0. The van der Waals surface area contributed by atoms with E-state index in [0.29, 0.717) is 5.92 Å². The molecule has 1 aliphatic rings. The van der Waals surface area contributed by atoms with Crippen molar-refractivity contribution < 1.29 is 4.74 Å². The number of ether oxygens (including phenoxy) is 1. The van der Waals surface area contributed by atoms with Crippen LogP contribution in [0.2, 0.25) is 5.02 Å². The molecule has 0 unspecified atom stereocenters. The lowest BCUT2D eigenvalue weighted by molar-refractivity contribution is 0.337. The van der Waals surface area contributed by atoms with Crippen LogP contribution >= 0.6 is 11.6 Å². The van der Waals surface area contributed by atoms with Crippen LogP contribution < -0.4 is 4.74 Å². The average molecular weight is 169 g/mol. The first kappa shape index (κ1) is 6.99. The van der Waals surface area contributed by atoms with Crippen molar-refractivity contribution in [3.05, 3.63) is 28.8 Å². The number of fused-ring (bicyclic) bond motifs is 1. The molecule has 0 amide bonds. The van der Waals surface area contributed by atoms with E-state index in [1.807, 2.05) is 18.2 Å². The van der Waals surface area contributed by atoms with Crippen molar-refractivity contribution in [2.24, 2.45) is 0 Å². The normalized spacial score (nSPS) is 21.1. The van der Waals surface area contributed by atoms with Gasteiger partial charge in [-0.3, -0.25) is 0 Å². The summed E-state index contributed by atoms with van der Waals surface area (Å²) < 4.78 is 5.41. The summed E-state index contributed by atoms with van der Waals surface area (Å²) in [4.78, 5) is 0. The van der Waals surface area contributed by atoms with Crippen molar-refractivity contribution in [3.63, 3.8) is 0 Å². The van der Waals surface area contributed by atoms with E-state index in [-0.39, 0.29) is 0 Å². The van der Waals surface area contributed by atoms with Gasteiger partial charge >= 0.3 is 0 Å². The maximum atomic E-state index is 5.79. The first-order valence-electron chi connectivity index (χ1n) is 3.69. The fraction of sp³-hybridized carbons (Fsp3) is 0.333. The van der Waals surface area contributed by atoms with Gasteiger partial charge in [-0.1, -0.05) is 24.6 Å². The highest BCUT2D eigenvalue weighted by Crippen LogP contribution is 2.34. The Balaban J connectivity index is 2.50. The molecular weight excluding hydrogens is 160 g/mol. The zero-order chi connectivity index (χ0) is 7.84. The van der Waals surface area contributed by atoms with Crippen molar-refractivity contribution >= 4 is 11.6 Å². The Labute approximate surface area is 70.9 Å². The number of hydrogen-bond acceptors (Lipinski definition) is 1. The van der Waals surface area contributed by atoms with Crippen LogP contribution in [-0.2, 0) is 0 Å². The van der Waals surface area contributed by atoms with Crippen LogP contribution in [0.3, 0.4) is 0 Å². The molecule has 58 valence electrons. The molecule has 0 N–H and O–H groups in total. The topological polar surface area (TPSA) is 9.23 Å². The van der Waals surface area contributed by atoms with E-state index in [1.54, 1.807) is 0 Å². The Bertz CT molecular complexity index is 283. The third kappa shape index (κ3) is 1.10. The first-order valence-corrected chi connectivity index (χ1v) is 4.07. The molecule has 0 radical (unpaired) electrons. The average Bonchev–Trinajstić information content (AvgIpc) is 2.32. The van der Waals surface area contributed by atoms with Gasteiger partial charge in [-0.2, -0.15) is 0 Å². The second-order valence-corrected chi connectivity index (χ2v) is 3.33. The molecule has 0 saturated carbocycles. The Hall–Kier alpha value is -0.690. The van der Waals surface area contributed by atoms with Crippen LogP contribution in [-0.4, -0.2) is 6.61 Å². The molecule has 0 aliphatic carbocycles. The molecule has 1 aliphatic heterocycles. The zero-order valence-corrected chi connectivity index (χ0v) is 7.06. The highest BCUT2D eigenvalue weighted by atomic mass is 35.5. The van der Waals surface area contributed by atoms with Gasteiger partial charge < -0.3 is 4.74 Å². The molecule has 1 heterocycles. The second-order valence-electron chi connectivity index (χ2n) is 2.89. The Morgan fingerprint density at radius 3 is 3.18 bits per heavy atom. The van der Waals surface area contributed by atoms with E-state index in [0.717, 1.165) is 17.4 Å². The predicted molar refractivity (Wildman–Crippen MR) is 45.4 cm³/mol. The van der Waals surface area contributed by atoms with Crippen molar-refractivity contribution in [2.45, 2.75) is 12.8 Å². The smallest absolute Gasteiger partial charge is 0.124 e. The van der Waals surface area contributed by atoms with Crippen LogP contribution in [0.25, 0.3) is 0 Å². The van der Waals surface area contributed by atoms with Crippen molar-refractivity contribution in [1.82, 2.24) is 0 Å². The monoisotopic (exact) mass is 168 g/mol. The van der Waals surface area contributed by atoms with Gasteiger partial charge in [0.1, 0.15) is 5.75 Å². The largest absolute Gasteiger partial charge is 0.493 e. The van der Waals surface area contributed by atoms with Crippen molar-refractivity contribution in [2.75, 3.05) is 6.61 Å². The Morgan fingerprint density at radius 2 is 2.36 bits per heavy atom. The van der Waals surface area contributed by atoms with E-state index < -0.39 is 0 Å². The van der Waals surface area contributed by atoms with Gasteiger partial charge in [-0.05, 0) is 12.1 Å². The molecule has 1 aromatic rings. The molecular formula is C9H9ClO. The van der Waals surface area contributed by atoms with Gasteiger partial charge in [-0.15, -0.1) is 0 Å². The summed E-state index contributed by atoms with van der Waals surface area (Å²) in [6, 6.07) is 5.82. The quantitative estimate of drug-likeness (QED) is 0.579. The lowest BCUT2D eigenvalue weighted by atomic mass is 10.0. The lowest BCUT2D eigenvalue weighted by Gasteiger charge is -1.98. The summed E-state index contributed by atoms with van der Waals surface area (Å²) in [5, 5.41) is 0.748. The fourth-order valence-corrected chi connectivity index (χ4v) is 1.51. The molecule has 0 fully saturated rings. The molecule has 0 bridgehead atoms. The molecule has 1 aromatic carbocycles. The van der Waals surface area contributed by atoms with Gasteiger partial charge in [0, 0.05) is 16.5 Å². The zero-order valence-electron chi connectivity index (χ0n) is 6.30. The number of halogens is 1. The predicted octanol–water partition coefficient (Wildman–Crippen LogP) is 2.84. The van der Waals surface area contributed by atoms with Gasteiger partial charge in [0.2, 0.25) is 0 Å². The van der Waals surface area contributed by atoms with E-state index >= 15 is 0 Å². The molecule has 0 aromatic heterocycles. The van der Waals surface area contributed by atoms with Crippen molar-refractivity contribution in [1.29, 1.82) is 0 Å². The van der Waals surface area contributed by atoms with E-state index in [2.05, 4.69) is 6.92 Å². The van der Waals surface area contributed by atoms with Gasteiger partial charge in [0.15, 0.2) is 0 Å². The van der Waals surface area contributed by atoms with Crippen LogP contribution in [0.15, 0.2) is 18.2 Å². The van der Waals surface area contributed by atoms with Gasteiger partial charge in [-0.25, -0.2) is 0 Å². The Kier molecular flexibility index (Phi) is 1.53. The third-order valence-electron chi connectivity index (χ3n) is 2.00. The molecule has 0 spiro atoms. The van der Waals surface area contributed by atoms with Crippen LogP contribution in [0.1, 0.15) is 18.4 Å². The SMILES string of the molecule is C[C@@H]1COc2cc(Cl)ccc21. The summed E-state index contributed by atoms with van der Waals surface area (Å²) in [7, 11) is 0. The summed E-state index contributed by atoms with van der Waals surface area (Å²) in [6.45, 7) is 2.94. The maximum absolute atomic E-state index is 5.79. The molecule has 11 heavy (non-hydrogen) atoms. The van der Waals surface area contributed by atoms with Crippen LogP contribution in [0.5, 0.6) is 5.75 Å². The maximum Gasteiger partial charge on any atom is 0.124 e. The molecule has 1 nitrogen and oxygen atoms in total. The minimum atomic E-state index is 0.516. The van der Waals surface area contributed by atoms with E-state index in [4.69, 9.17) is 16.3 Å². The van der Waals surface area contributed by atoms with Crippen LogP contribution in [0, 0.1) is 0 Å². The van der Waals surface area contributed by atoms with Gasteiger partial charge in [0.25, 0.3) is 0 Å². The molecule has 1 atom stereocenters. The fourth-order valence-electron chi connectivity index (χ4n) is 1.34. The van der Waals surface area contributed by atoms with Crippen molar-refractivity contribution in [3.8, 4) is 5.75 Å². The highest BCUT2D eigenvalue weighted by molar-refractivity contribution is 6.30. The Morgan fingerprint density at radius 1 is 1.55 bits per heavy atom. The highest BCUT2D eigenvalue weighted by Gasteiger charge is 2.19. The van der Waals surface area contributed by atoms with Crippen LogP contribution in [0.4, 0.5) is 0 Å².